The van der Waals surface area contributed by atoms with Crippen LogP contribution in [0.2, 0.25) is 5.02 Å². The monoisotopic (exact) mass is 331 g/mol. The van der Waals surface area contributed by atoms with Gasteiger partial charge in [0, 0.05) is 40.6 Å². The Morgan fingerprint density at radius 2 is 2.05 bits per heavy atom. The smallest absolute Gasteiger partial charge is 0.100 e. The predicted molar refractivity (Wildman–Crippen MR) is 94.9 cm³/mol. The highest BCUT2D eigenvalue weighted by Crippen LogP contribution is 2.35. The Kier molecular flexibility index (Phi) is 3.70. The molecule has 1 saturated heterocycles. The van der Waals surface area contributed by atoms with E-state index in [2.05, 4.69) is 46.5 Å². The van der Waals surface area contributed by atoms with Gasteiger partial charge >= 0.3 is 0 Å². The summed E-state index contributed by atoms with van der Waals surface area (Å²) in [7, 11) is 2.18. The molecule has 0 aliphatic carbocycles. The SMILES string of the molecule is CN1CCNC(c2cc3cc(-c4ccc(Cl)cc4)sc3[nH]2)C1. The minimum Gasteiger partial charge on any atom is -0.349 e. The van der Waals surface area contributed by atoms with Gasteiger partial charge in [-0.25, -0.2) is 0 Å². The Balaban J connectivity index is 1.63. The van der Waals surface area contributed by atoms with Crippen LogP contribution in [0.25, 0.3) is 20.7 Å². The van der Waals surface area contributed by atoms with E-state index < -0.39 is 0 Å². The standard InChI is InChI=1S/C17H18ClN3S/c1-21-7-6-19-15(10-21)14-8-12-9-16(22-17(12)20-14)11-2-4-13(18)5-3-11/h2-5,8-9,15,19-20H,6-7,10H2,1H3. The van der Waals surface area contributed by atoms with Gasteiger partial charge in [-0.15, -0.1) is 11.3 Å². The zero-order chi connectivity index (χ0) is 15.1. The van der Waals surface area contributed by atoms with Gasteiger partial charge < -0.3 is 15.2 Å². The minimum absolute atomic E-state index is 0.400. The second kappa shape index (κ2) is 5.70. The van der Waals surface area contributed by atoms with E-state index in [4.69, 9.17) is 11.6 Å². The van der Waals surface area contributed by atoms with E-state index in [-0.39, 0.29) is 0 Å². The van der Waals surface area contributed by atoms with Crippen LogP contribution in [0, 0.1) is 0 Å². The number of hydrogen-bond donors (Lipinski definition) is 2. The molecule has 0 saturated carbocycles. The van der Waals surface area contributed by atoms with E-state index in [1.54, 1.807) is 11.3 Å². The topological polar surface area (TPSA) is 31.1 Å². The number of likely N-dealkylation sites (N-methyl/N-ethyl adjacent to an activating group) is 1. The van der Waals surface area contributed by atoms with Gasteiger partial charge in [0.05, 0.1) is 6.04 Å². The maximum atomic E-state index is 5.96. The summed E-state index contributed by atoms with van der Waals surface area (Å²) in [6.45, 7) is 3.22. The molecule has 2 aromatic heterocycles. The predicted octanol–water partition coefficient (Wildman–Crippen LogP) is 4.13. The molecule has 0 amide bonds. The summed E-state index contributed by atoms with van der Waals surface area (Å²) in [4.78, 5) is 8.48. The number of thiophene rings is 1. The Morgan fingerprint density at radius 3 is 2.77 bits per heavy atom. The zero-order valence-corrected chi connectivity index (χ0v) is 14.0. The van der Waals surface area contributed by atoms with Gasteiger partial charge in [0.25, 0.3) is 0 Å². The molecule has 114 valence electrons. The van der Waals surface area contributed by atoms with Crippen LogP contribution in [0.5, 0.6) is 0 Å². The van der Waals surface area contributed by atoms with Crippen LogP contribution in [-0.2, 0) is 0 Å². The van der Waals surface area contributed by atoms with Crippen LogP contribution in [0.3, 0.4) is 0 Å². The Labute approximate surface area is 138 Å². The quantitative estimate of drug-likeness (QED) is 0.740. The average molecular weight is 332 g/mol. The highest BCUT2D eigenvalue weighted by atomic mass is 35.5. The zero-order valence-electron chi connectivity index (χ0n) is 12.4. The number of hydrogen-bond acceptors (Lipinski definition) is 3. The summed E-state index contributed by atoms with van der Waals surface area (Å²) in [6.07, 6.45) is 0. The molecule has 2 N–H and O–H groups in total. The number of halogens is 1. The summed E-state index contributed by atoms with van der Waals surface area (Å²) < 4.78 is 0. The maximum absolute atomic E-state index is 5.96. The van der Waals surface area contributed by atoms with Gasteiger partial charge in [0.1, 0.15) is 4.83 Å². The first-order valence-electron chi connectivity index (χ1n) is 7.49. The van der Waals surface area contributed by atoms with Crippen molar-refractivity contribution in [1.82, 2.24) is 15.2 Å². The second-order valence-electron chi connectivity index (χ2n) is 5.90. The van der Waals surface area contributed by atoms with E-state index in [1.807, 2.05) is 12.1 Å². The molecular formula is C17H18ClN3S. The molecular weight excluding hydrogens is 314 g/mol. The van der Waals surface area contributed by atoms with Crippen molar-refractivity contribution >= 4 is 33.2 Å². The van der Waals surface area contributed by atoms with E-state index in [1.165, 1.54) is 26.4 Å². The number of fused-ring (bicyclic) bond motifs is 1. The van der Waals surface area contributed by atoms with Crippen molar-refractivity contribution in [3.8, 4) is 10.4 Å². The van der Waals surface area contributed by atoms with Crippen molar-refractivity contribution in [2.24, 2.45) is 0 Å². The van der Waals surface area contributed by atoms with Gasteiger partial charge in [-0.3, -0.25) is 0 Å². The van der Waals surface area contributed by atoms with Gasteiger partial charge in [-0.1, -0.05) is 23.7 Å². The normalized spacial score (nSPS) is 19.8. The van der Waals surface area contributed by atoms with Crippen LogP contribution >= 0.6 is 22.9 Å². The third kappa shape index (κ3) is 2.68. The van der Waals surface area contributed by atoms with Crippen molar-refractivity contribution < 1.29 is 0 Å². The molecule has 0 bridgehead atoms. The maximum Gasteiger partial charge on any atom is 0.100 e. The lowest BCUT2D eigenvalue weighted by Gasteiger charge is -2.30. The number of aromatic amines is 1. The number of benzene rings is 1. The average Bonchev–Trinajstić information content (AvgIpc) is 3.06. The van der Waals surface area contributed by atoms with Gasteiger partial charge in [0.2, 0.25) is 0 Å². The minimum atomic E-state index is 0.400. The van der Waals surface area contributed by atoms with E-state index in [0.717, 1.165) is 24.7 Å². The van der Waals surface area contributed by atoms with Crippen LogP contribution in [0.1, 0.15) is 11.7 Å². The molecule has 1 aliphatic heterocycles. The van der Waals surface area contributed by atoms with Crippen molar-refractivity contribution in [1.29, 1.82) is 0 Å². The lowest BCUT2D eigenvalue weighted by molar-refractivity contribution is 0.239. The third-order valence-corrected chi connectivity index (χ3v) is 5.58. The largest absolute Gasteiger partial charge is 0.349 e. The van der Waals surface area contributed by atoms with Crippen molar-refractivity contribution in [3.05, 3.63) is 47.1 Å². The molecule has 22 heavy (non-hydrogen) atoms. The summed E-state index contributed by atoms with van der Waals surface area (Å²) >= 11 is 7.76. The molecule has 1 unspecified atom stereocenters. The number of piperazine rings is 1. The fourth-order valence-electron chi connectivity index (χ4n) is 2.99. The molecule has 5 heteroatoms. The number of rotatable bonds is 2. The van der Waals surface area contributed by atoms with Gasteiger partial charge in [-0.05, 0) is 36.9 Å². The summed E-state index contributed by atoms with van der Waals surface area (Å²) in [5.41, 5.74) is 2.51. The molecule has 0 radical (unpaired) electrons. The summed E-state index contributed by atoms with van der Waals surface area (Å²) in [5, 5.41) is 5.66. The number of H-pyrrole nitrogens is 1. The fourth-order valence-corrected chi connectivity index (χ4v) is 4.18. The molecule has 1 fully saturated rings. The second-order valence-corrected chi connectivity index (χ2v) is 7.38. The molecule has 1 aliphatic rings. The van der Waals surface area contributed by atoms with E-state index >= 15 is 0 Å². The number of nitrogens with one attached hydrogen (secondary N) is 2. The first-order valence-corrected chi connectivity index (χ1v) is 8.69. The molecule has 1 aromatic carbocycles. The molecule has 3 nitrogen and oxygen atoms in total. The molecule has 3 heterocycles. The van der Waals surface area contributed by atoms with E-state index in [9.17, 15) is 0 Å². The van der Waals surface area contributed by atoms with Crippen LogP contribution in [0.4, 0.5) is 0 Å². The van der Waals surface area contributed by atoms with E-state index in [0.29, 0.717) is 6.04 Å². The van der Waals surface area contributed by atoms with Crippen molar-refractivity contribution in [2.75, 3.05) is 26.7 Å². The van der Waals surface area contributed by atoms with Crippen molar-refractivity contribution in [2.45, 2.75) is 6.04 Å². The lowest BCUT2D eigenvalue weighted by atomic mass is 10.1. The Hall–Kier alpha value is -1.33. The van der Waals surface area contributed by atoms with Crippen molar-refractivity contribution in [3.63, 3.8) is 0 Å². The Morgan fingerprint density at radius 1 is 1.23 bits per heavy atom. The first-order chi connectivity index (χ1) is 10.7. The summed E-state index contributed by atoms with van der Waals surface area (Å²) in [5.74, 6) is 0. The van der Waals surface area contributed by atoms with Crippen LogP contribution in [0.15, 0.2) is 36.4 Å². The molecule has 4 rings (SSSR count). The highest BCUT2D eigenvalue weighted by molar-refractivity contribution is 7.21. The Bertz CT molecular complexity index is 758. The number of nitrogens with zero attached hydrogens (tertiary/aromatic N) is 1. The first kappa shape index (κ1) is 14.3. The van der Waals surface area contributed by atoms with Crippen LogP contribution < -0.4 is 5.32 Å². The fraction of sp³-hybridized carbons (Fsp3) is 0.294. The molecule has 0 spiro atoms. The summed E-state index contributed by atoms with van der Waals surface area (Å²) in [6, 6.07) is 13.0. The third-order valence-electron chi connectivity index (χ3n) is 4.21. The molecule has 1 atom stereocenters. The van der Waals surface area contributed by atoms with Crippen LogP contribution in [-0.4, -0.2) is 36.6 Å². The lowest BCUT2D eigenvalue weighted by Crippen LogP contribution is -2.43. The highest BCUT2D eigenvalue weighted by Gasteiger charge is 2.20. The van der Waals surface area contributed by atoms with Gasteiger partial charge in [-0.2, -0.15) is 0 Å². The number of aromatic nitrogens is 1. The van der Waals surface area contributed by atoms with Gasteiger partial charge in [0.15, 0.2) is 0 Å². The molecule has 3 aromatic rings.